The van der Waals surface area contributed by atoms with Crippen LogP contribution in [-0.4, -0.2) is 50.5 Å². The molecule has 1 fully saturated rings. The Labute approximate surface area is 157 Å². The molecule has 3 heterocycles. The maximum Gasteiger partial charge on any atom is 0.204 e. The van der Waals surface area contributed by atoms with E-state index in [1.54, 1.807) is 6.20 Å². The molecule has 0 amide bonds. The Morgan fingerprint density at radius 1 is 1.12 bits per heavy atom. The van der Waals surface area contributed by atoms with Crippen LogP contribution in [0.4, 0.5) is 0 Å². The van der Waals surface area contributed by atoms with Crippen LogP contribution in [0.1, 0.15) is 5.56 Å². The normalized spacial score (nSPS) is 15.3. The van der Waals surface area contributed by atoms with Crippen molar-refractivity contribution in [3.63, 3.8) is 0 Å². The molecular weight excluding hydrogens is 346 g/mol. The van der Waals surface area contributed by atoms with E-state index in [0.29, 0.717) is 11.4 Å². The van der Waals surface area contributed by atoms with Gasteiger partial charge in [0.05, 0.1) is 25.6 Å². The number of benzene rings is 1. The lowest BCUT2D eigenvalue weighted by atomic mass is 10.2. The molecule has 6 nitrogen and oxygen atoms in total. The Bertz CT molecular complexity index is 944. The summed E-state index contributed by atoms with van der Waals surface area (Å²) in [6.45, 7) is 6.03. The van der Waals surface area contributed by atoms with Crippen LogP contribution >= 0.6 is 12.2 Å². The molecule has 0 spiro atoms. The number of hydrogen-bond donors (Lipinski definition) is 0. The fraction of sp³-hybridized carbons (Fsp3) is 0.316. The monoisotopic (exact) mass is 367 g/mol. The number of aryl methyl sites for hydroxylation is 1. The summed E-state index contributed by atoms with van der Waals surface area (Å²) in [6, 6.07) is 12.1. The molecule has 0 bridgehead atoms. The minimum Gasteiger partial charge on any atom is -0.379 e. The van der Waals surface area contributed by atoms with Crippen molar-refractivity contribution in [3.8, 4) is 17.1 Å². The van der Waals surface area contributed by atoms with Gasteiger partial charge in [-0.1, -0.05) is 18.2 Å². The molecule has 0 saturated carbocycles. The minimum atomic E-state index is 0.661. The van der Waals surface area contributed by atoms with E-state index in [9.17, 15) is 0 Å². The van der Waals surface area contributed by atoms with Crippen molar-refractivity contribution in [2.24, 2.45) is 0 Å². The van der Waals surface area contributed by atoms with E-state index in [2.05, 4.69) is 28.9 Å². The predicted octanol–water partition coefficient (Wildman–Crippen LogP) is 3.06. The zero-order valence-corrected chi connectivity index (χ0v) is 15.5. The van der Waals surface area contributed by atoms with E-state index >= 15 is 0 Å². The molecule has 1 aliphatic rings. The van der Waals surface area contributed by atoms with Crippen LogP contribution in [-0.2, 0) is 11.4 Å². The first kappa shape index (κ1) is 17.1. The molecule has 1 aromatic carbocycles. The lowest BCUT2D eigenvalue weighted by Crippen LogP contribution is -2.37. The van der Waals surface area contributed by atoms with Gasteiger partial charge in [0.2, 0.25) is 4.77 Å². The third kappa shape index (κ3) is 3.33. The second-order valence-corrected chi connectivity index (χ2v) is 6.71. The number of para-hydroxylation sites is 1. The van der Waals surface area contributed by atoms with Crippen molar-refractivity contribution < 1.29 is 4.74 Å². The summed E-state index contributed by atoms with van der Waals surface area (Å²) < 4.78 is 10.1. The highest BCUT2D eigenvalue weighted by Crippen LogP contribution is 2.24. The Kier molecular flexibility index (Phi) is 4.92. The van der Waals surface area contributed by atoms with Gasteiger partial charge in [-0.3, -0.25) is 14.5 Å². The molecule has 4 rings (SSSR count). The van der Waals surface area contributed by atoms with Gasteiger partial charge < -0.3 is 4.74 Å². The predicted molar refractivity (Wildman–Crippen MR) is 103 cm³/mol. The van der Waals surface area contributed by atoms with E-state index in [1.807, 2.05) is 39.7 Å². The van der Waals surface area contributed by atoms with Crippen LogP contribution in [0.25, 0.3) is 17.1 Å². The van der Waals surface area contributed by atoms with Crippen molar-refractivity contribution in [3.05, 3.63) is 59.1 Å². The maximum atomic E-state index is 5.81. The highest BCUT2D eigenvalue weighted by atomic mass is 32.1. The standard InChI is InChI=1S/C19H21N5OS/c1-15-5-2-3-7-17(15)24-18(16-6-4-8-20-13-16)21-23(19(24)26)14-22-9-11-25-12-10-22/h2-8,13H,9-12,14H2,1H3. The molecule has 7 heteroatoms. The quantitative estimate of drug-likeness (QED) is 0.663. The summed E-state index contributed by atoms with van der Waals surface area (Å²) in [7, 11) is 0. The first-order valence-electron chi connectivity index (χ1n) is 8.70. The Balaban J connectivity index is 1.83. The Hall–Kier alpha value is -2.35. The Morgan fingerprint density at radius 2 is 1.92 bits per heavy atom. The topological polar surface area (TPSA) is 48.1 Å². The van der Waals surface area contributed by atoms with Crippen molar-refractivity contribution in [1.29, 1.82) is 0 Å². The smallest absolute Gasteiger partial charge is 0.204 e. The summed E-state index contributed by atoms with van der Waals surface area (Å²) >= 11 is 5.81. The molecule has 2 aromatic heterocycles. The van der Waals surface area contributed by atoms with E-state index in [4.69, 9.17) is 22.1 Å². The van der Waals surface area contributed by atoms with E-state index in [0.717, 1.165) is 48.9 Å². The van der Waals surface area contributed by atoms with E-state index < -0.39 is 0 Å². The zero-order valence-electron chi connectivity index (χ0n) is 14.7. The van der Waals surface area contributed by atoms with Crippen LogP contribution in [0.5, 0.6) is 0 Å². The number of pyridine rings is 1. The third-order valence-corrected chi connectivity index (χ3v) is 4.95. The average molecular weight is 367 g/mol. The van der Waals surface area contributed by atoms with Gasteiger partial charge in [0, 0.05) is 31.0 Å². The van der Waals surface area contributed by atoms with Gasteiger partial charge in [0.25, 0.3) is 0 Å². The van der Waals surface area contributed by atoms with Crippen LogP contribution in [0.15, 0.2) is 48.8 Å². The number of nitrogens with zero attached hydrogens (tertiary/aromatic N) is 5. The fourth-order valence-corrected chi connectivity index (χ4v) is 3.43. The summed E-state index contributed by atoms with van der Waals surface area (Å²) in [5.41, 5.74) is 3.15. The molecular formula is C19H21N5OS. The number of rotatable bonds is 4. The third-order valence-electron chi connectivity index (χ3n) is 4.55. The molecule has 134 valence electrons. The van der Waals surface area contributed by atoms with Gasteiger partial charge in [0.15, 0.2) is 5.82 Å². The Morgan fingerprint density at radius 3 is 2.65 bits per heavy atom. The lowest BCUT2D eigenvalue weighted by Gasteiger charge is -2.26. The molecule has 26 heavy (non-hydrogen) atoms. The zero-order chi connectivity index (χ0) is 17.9. The first-order valence-corrected chi connectivity index (χ1v) is 9.11. The fourth-order valence-electron chi connectivity index (χ4n) is 3.15. The second kappa shape index (κ2) is 7.49. The number of morpholine rings is 1. The van der Waals surface area contributed by atoms with Gasteiger partial charge in [-0.25, -0.2) is 4.68 Å². The van der Waals surface area contributed by atoms with Crippen LogP contribution < -0.4 is 0 Å². The van der Waals surface area contributed by atoms with Gasteiger partial charge in [-0.2, -0.15) is 0 Å². The summed E-state index contributed by atoms with van der Waals surface area (Å²) in [6.07, 6.45) is 3.59. The average Bonchev–Trinajstić information content (AvgIpc) is 3.00. The molecule has 0 N–H and O–H groups in total. The summed E-state index contributed by atoms with van der Waals surface area (Å²) in [5.74, 6) is 0.811. The van der Waals surface area contributed by atoms with Crippen LogP contribution in [0.2, 0.25) is 0 Å². The van der Waals surface area contributed by atoms with Gasteiger partial charge in [-0.05, 0) is 42.9 Å². The van der Waals surface area contributed by atoms with Crippen LogP contribution in [0.3, 0.4) is 0 Å². The van der Waals surface area contributed by atoms with E-state index in [-0.39, 0.29) is 0 Å². The number of aromatic nitrogens is 4. The molecule has 1 saturated heterocycles. The number of ether oxygens (including phenoxy) is 1. The second-order valence-electron chi connectivity index (χ2n) is 6.34. The van der Waals surface area contributed by atoms with Gasteiger partial charge >= 0.3 is 0 Å². The molecule has 0 unspecified atom stereocenters. The van der Waals surface area contributed by atoms with Gasteiger partial charge in [0.1, 0.15) is 0 Å². The molecule has 0 aliphatic carbocycles. The van der Waals surface area contributed by atoms with Crippen molar-refractivity contribution in [2.75, 3.05) is 26.3 Å². The summed E-state index contributed by atoms with van der Waals surface area (Å²) in [4.78, 5) is 6.56. The summed E-state index contributed by atoms with van der Waals surface area (Å²) in [5, 5.41) is 4.84. The van der Waals surface area contributed by atoms with Gasteiger partial charge in [-0.15, -0.1) is 5.10 Å². The number of hydrogen-bond acceptors (Lipinski definition) is 5. The van der Waals surface area contributed by atoms with Crippen molar-refractivity contribution in [1.82, 2.24) is 24.2 Å². The minimum absolute atomic E-state index is 0.661. The largest absolute Gasteiger partial charge is 0.379 e. The molecule has 1 aliphatic heterocycles. The van der Waals surface area contributed by atoms with Crippen molar-refractivity contribution >= 4 is 12.2 Å². The highest BCUT2D eigenvalue weighted by molar-refractivity contribution is 7.71. The van der Waals surface area contributed by atoms with Crippen molar-refractivity contribution in [2.45, 2.75) is 13.6 Å². The molecule has 0 atom stereocenters. The van der Waals surface area contributed by atoms with E-state index in [1.165, 1.54) is 0 Å². The highest BCUT2D eigenvalue weighted by Gasteiger charge is 2.18. The SMILES string of the molecule is Cc1ccccc1-n1c(-c2cccnc2)nn(CN2CCOCC2)c1=S. The molecule has 0 radical (unpaired) electrons. The molecule has 3 aromatic rings. The maximum absolute atomic E-state index is 5.81. The first-order chi connectivity index (χ1) is 12.7. The lowest BCUT2D eigenvalue weighted by molar-refractivity contribution is 0.0210. The van der Waals surface area contributed by atoms with Crippen LogP contribution in [0, 0.1) is 11.7 Å².